The minimum atomic E-state index is -0.460. The summed E-state index contributed by atoms with van der Waals surface area (Å²) in [4.78, 5) is 10.7. The van der Waals surface area contributed by atoms with Crippen LogP contribution < -0.4 is 5.73 Å². The van der Waals surface area contributed by atoms with Gasteiger partial charge in [-0.3, -0.25) is 10.1 Å². The van der Waals surface area contributed by atoms with Crippen molar-refractivity contribution in [3.8, 4) is 0 Å². The number of nitrogens with two attached hydrogens (primary N) is 1. The SMILES string of the molecule is CC(C)(C)c1c(N)nnn1Cc1c(Cl)cccc1[N+](=O)[O-]. The first-order valence-corrected chi connectivity index (χ1v) is 6.71. The van der Waals surface area contributed by atoms with Crippen molar-refractivity contribution in [2.45, 2.75) is 32.7 Å². The lowest BCUT2D eigenvalue weighted by Gasteiger charge is -2.20. The van der Waals surface area contributed by atoms with Crippen LogP contribution in [0.25, 0.3) is 0 Å². The molecule has 21 heavy (non-hydrogen) atoms. The van der Waals surface area contributed by atoms with E-state index in [1.165, 1.54) is 6.07 Å². The Bertz CT molecular complexity index is 690. The van der Waals surface area contributed by atoms with Gasteiger partial charge in [-0.2, -0.15) is 0 Å². The summed E-state index contributed by atoms with van der Waals surface area (Å²) in [5.41, 5.74) is 6.63. The molecule has 0 radical (unpaired) electrons. The first-order chi connectivity index (χ1) is 9.71. The number of hydrogen-bond donors (Lipinski definition) is 1. The van der Waals surface area contributed by atoms with Crippen LogP contribution in [0.1, 0.15) is 32.0 Å². The van der Waals surface area contributed by atoms with E-state index < -0.39 is 4.92 Å². The average Bonchev–Trinajstić information content (AvgIpc) is 2.72. The molecule has 1 aromatic heterocycles. The monoisotopic (exact) mass is 309 g/mol. The Labute approximate surface area is 126 Å². The van der Waals surface area contributed by atoms with Gasteiger partial charge in [-0.05, 0) is 6.07 Å². The summed E-state index contributed by atoms with van der Waals surface area (Å²) in [6.07, 6.45) is 0. The molecule has 2 N–H and O–H groups in total. The molecule has 1 aromatic carbocycles. The Morgan fingerprint density at radius 2 is 2.10 bits per heavy atom. The van der Waals surface area contributed by atoms with Crippen LogP contribution in [0.5, 0.6) is 0 Å². The maximum Gasteiger partial charge on any atom is 0.275 e. The van der Waals surface area contributed by atoms with Gasteiger partial charge in [0.25, 0.3) is 5.69 Å². The normalized spacial score (nSPS) is 11.6. The number of benzene rings is 1. The lowest BCUT2D eigenvalue weighted by Crippen LogP contribution is -2.21. The zero-order valence-corrected chi connectivity index (χ0v) is 12.8. The number of nitro groups is 1. The van der Waals surface area contributed by atoms with Gasteiger partial charge in [0.15, 0.2) is 5.82 Å². The van der Waals surface area contributed by atoms with E-state index in [2.05, 4.69) is 10.3 Å². The third kappa shape index (κ3) is 2.97. The maximum atomic E-state index is 11.1. The van der Waals surface area contributed by atoms with Crippen molar-refractivity contribution in [2.24, 2.45) is 0 Å². The molecule has 0 fully saturated rings. The molecule has 0 spiro atoms. The van der Waals surface area contributed by atoms with Crippen LogP contribution in [0.15, 0.2) is 18.2 Å². The molecule has 0 aliphatic rings. The first-order valence-electron chi connectivity index (χ1n) is 6.33. The number of nitrogens with zero attached hydrogens (tertiary/aromatic N) is 4. The van der Waals surface area contributed by atoms with E-state index in [4.69, 9.17) is 17.3 Å². The fourth-order valence-electron chi connectivity index (χ4n) is 2.23. The number of rotatable bonds is 3. The molecule has 0 amide bonds. The van der Waals surface area contributed by atoms with E-state index in [-0.39, 0.29) is 17.6 Å². The van der Waals surface area contributed by atoms with Gasteiger partial charge < -0.3 is 5.73 Å². The molecular formula is C13H16ClN5O2. The summed E-state index contributed by atoms with van der Waals surface area (Å²) in [5.74, 6) is 0.317. The third-order valence-electron chi connectivity index (χ3n) is 3.07. The largest absolute Gasteiger partial charge is 0.381 e. The molecule has 2 rings (SSSR count). The fraction of sp³-hybridized carbons (Fsp3) is 0.385. The average molecular weight is 310 g/mol. The molecule has 1 heterocycles. The molecule has 0 unspecified atom stereocenters. The minimum absolute atomic E-state index is 0.0450. The predicted octanol–water partition coefficient (Wildman–Crippen LogP) is 2.77. The van der Waals surface area contributed by atoms with Gasteiger partial charge in [0, 0.05) is 11.5 Å². The van der Waals surface area contributed by atoms with Crippen LogP contribution in [-0.2, 0) is 12.0 Å². The van der Waals surface area contributed by atoms with Crippen LogP contribution >= 0.6 is 11.6 Å². The molecule has 0 atom stereocenters. The Morgan fingerprint density at radius 3 is 2.67 bits per heavy atom. The van der Waals surface area contributed by atoms with Crippen molar-refractivity contribution < 1.29 is 4.92 Å². The van der Waals surface area contributed by atoms with Gasteiger partial charge in [-0.15, -0.1) is 5.10 Å². The van der Waals surface area contributed by atoms with Crippen molar-refractivity contribution >= 4 is 23.1 Å². The highest BCUT2D eigenvalue weighted by Crippen LogP contribution is 2.30. The molecule has 0 saturated carbocycles. The second kappa shape index (κ2) is 5.33. The van der Waals surface area contributed by atoms with E-state index in [1.54, 1.807) is 16.8 Å². The molecule has 0 aliphatic carbocycles. The Balaban J connectivity index is 2.52. The van der Waals surface area contributed by atoms with Crippen molar-refractivity contribution in [1.82, 2.24) is 15.0 Å². The topological polar surface area (TPSA) is 99.9 Å². The van der Waals surface area contributed by atoms with Crippen LogP contribution in [0.2, 0.25) is 5.02 Å². The number of aromatic nitrogens is 3. The van der Waals surface area contributed by atoms with Gasteiger partial charge in [0.1, 0.15) is 0 Å². The molecule has 0 aliphatic heterocycles. The summed E-state index contributed by atoms with van der Waals surface area (Å²) >= 11 is 6.10. The second-order valence-corrected chi connectivity index (χ2v) is 6.13. The smallest absolute Gasteiger partial charge is 0.275 e. The minimum Gasteiger partial charge on any atom is -0.381 e. The third-order valence-corrected chi connectivity index (χ3v) is 3.42. The van der Waals surface area contributed by atoms with Crippen LogP contribution in [0.4, 0.5) is 11.5 Å². The molecular weight excluding hydrogens is 294 g/mol. The highest BCUT2D eigenvalue weighted by molar-refractivity contribution is 6.31. The van der Waals surface area contributed by atoms with E-state index in [0.717, 1.165) is 5.69 Å². The molecule has 0 saturated heterocycles. The van der Waals surface area contributed by atoms with Crippen molar-refractivity contribution in [3.05, 3.63) is 44.6 Å². The fourth-order valence-corrected chi connectivity index (χ4v) is 2.46. The predicted molar refractivity (Wildman–Crippen MR) is 80.3 cm³/mol. The van der Waals surface area contributed by atoms with Gasteiger partial charge in [-0.1, -0.05) is 43.7 Å². The van der Waals surface area contributed by atoms with E-state index in [9.17, 15) is 10.1 Å². The lowest BCUT2D eigenvalue weighted by molar-refractivity contribution is -0.385. The quantitative estimate of drug-likeness (QED) is 0.694. The van der Waals surface area contributed by atoms with Gasteiger partial charge in [-0.25, -0.2) is 4.68 Å². The number of hydrogen-bond acceptors (Lipinski definition) is 5. The highest BCUT2D eigenvalue weighted by Gasteiger charge is 2.26. The van der Waals surface area contributed by atoms with Crippen molar-refractivity contribution in [3.63, 3.8) is 0 Å². The maximum absolute atomic E-state index is 11.1. The number of anilines is 1. The number of nitro benzene ring substituents is 1. The van der Waals surface area contributed by atoms with Gasteiger partial charge in [0.2, 0.25) is 0 Å². The van der Waals surface area contributed by atoms with Gasteiger partial charge in [0.05, 0.1) is 27.7 Å². The van der Waals surface area contributed by atoms with Crippen molar-refractivity contribution in [2.75, 3.05) is 5.73 Å². The van der Waals surface area contributed by atoms with E-state index in [0.29, 0.717) is 16.4 Å². The number of nitrogen functional groups attached to an aromatic ring is 1. The lowest BCUT2D eigenvalue weighted by atomic mass is 9.91. The molecule has 112 valence electrons. The second-order valence-electron chi connectivity index (χ2n) is 5.73. The Kier molecular flexibility index (Phi) is 3.87. The summed E-state index contributed by atoms with van der Waals surface area (Å²) in [6.45, 7) is 6.06. The summed E-state index contributed by atoms with van der Waals surface area (Å²) in [7, 11) is 0. The molecule has 8 heteroatoms. The van der Waals surface area contributed by atoms with Crippen LogP contribution in [-0.4, -0.2) is 19.9 Å². The standard InChI is InChI=1S/C13H16ClN5O2/c1-13(2,3)11-12(15)16-17-18(11)7-8-9(14)5-4-6-10(8)19(20)21/h4-6H,7,15H2,1-3H3. The van der Waals surface area contributed by atoms with Crippen LogP contribution in [0.3, 0.4) is 0 Å². The highest BCUT2D eigenvalue weighted by atomic mass is 35.5. The molecule has 7 nitrogen and oxygen atoms in total. The van der Waals surface area contributed by atoms with Gasteiger partial charge >= 0.3 is 0 Å². The molecule has 2 aromatic rings. The van der Waals surface area contributed by atoms with E-state index >= 15 is 0 Å². The van der Waals surface area contributed by atoms with Crippen molar-refractivity contribution in [1.29, 1.82) is 0 Å². The zero-order chi connectivity index (χ0) is 15.8. The van der Waals surface area contributed by atoms with E-state index in [1.807, 2.05) is 20.8 Å². The summed E-state index contributed by atoms with van der Waals surface area (Å²) < 4.78 is 1.56. The van der Waals surface area contributed by atoms with Crippen LogP contribution in [0, 0.1) is 10.1 Å². The zero-order valence-electron chi connectivity index (χ0n) is 12.0. The Morgan fingerprint density at radius 1 is 1.43 bits per heavy atom. The number of halogens is 1. The summed E-state index contributed by atoms with van der Waals surface area (Å²) in [5, 5.41) is 19.3. The summed E-state index contributed by atoms with van der Waals surface area (Å²) in [6, 6.07) is 4.57. The first kappa shape index (κ1) is 15.2. The molecule has 0 bridgehead atoms. The Hall–Kier alpha value is -2.15.